The van der Waals surface area contributed by atoms with Crippen LogP contribution in [0.15, 0.2) is 48.6 Å². The predicted octanol–water partition coefficient (Wildman–Crippen LogP) is 7.63. The molecule has 0 radical (unpaired) electrons. The number of hydrogen-bond donors (Lipinski definition) is 4. The van der Waals surface area contributed by atoms with Crippen LogP contribution in [-0.4, -0.2) is 97.5 Å². The van der Waals surface area contributed by atoms with Gasteiger partial charge in [0.15, 0.2) is 6.29 Å². The summed E-state index contributed by atoms with van der Waals surface area (Å²) in [6, 6.07) is 0. The van der Waals surface area contributed by atoms with Crippen molar-refractivity contribution in [3.05, 3.63) is 48.6 Å². The van der Waals surface area contributed by atoms with Crippen LogP contribution in [0.4, 0.5) is 0 Å². The molecule has 0 saturated carbocycles. The summed E-state index contributed by atoms with van der Waals surface area (Å²) in [6.07, 6.45) is 28.7. The number of aliphatic hydroxyl groups is 3. The molecule has 6 atom stereocenters. The summed E-state index contributed by atoms with van der Waals surface area (Å²) in [4.78, 5) is 12.8. The first-order valence-electron chi connectivity index (χ1n) is 20.4. The van der Waals surface area contributed by atoms with Crippen molar-refractivity contribution in [2.24, 2.45) is 0 Å². The van der Waals surface area contributed by atoms with Crippen molar-refractivity contribution >= 4 is 16.4 Å². The Morgan fingerprint density at radius 2 is 1.28 bits per heavy atom. The lowest BCUT2D eigenvalue weighted by atomic mass is 9.99. The first kappa shape index (κ1) is 50.1. The highest BCUT2D eigenvalue weighted by atomic mass is 32.3. The molecule has 0 aliphatic carbocycles. The number of hydrogen-bond acceptors (Lipinski definition) is 11. The summed E-state index contributed by atoms with van der Waals surface area (Å²) < 4.78 is 58.8. The number of carbonyl (C=O) groups excluding carboxylic acids is 1. The third-order valence-corrected chi connectivity index (χ3v) is 9.43. The van der Waals surface area contributed by atoms with Crippen molar-refractivity contribution in [3.63, 3.8) is 0 Å². The topological polar surface area (TPSA) is 178 Å². The monoisotopic (exact) mass is 788 g/mol. The van der Waals surface area contributed by atoms with E-state index in [-0.39, 0.29) is 19.6 Å². The Balaban J connectivity index is 2.51. The maximum absolute atomic E-state index is 12.8. The first-order chi connectivity index (χ1) is 26.1. The van der Waals surface area contributed by atoms with Crippen molar-refractivity contribution in [3.8, 4) is 0 Å². The first-order valence-corrected chi connectivity index (χ1v) is 21.8. The van der Waals surface area contributed by atoms with Crippen LogP contribution in [0, 0.1) is 0 Å². The van der Waals surface area contributed by atoms with Crippen LogP contribution in [0.25, 0.3) is 0 Å². The van der Waals surface area contributed by atoms with Crippen molar-refractivity contribution < 1.29 is 56.2 Å². The van der Waals surface area contributed by atoms with Crippen molar-refractivity contribution in [1.29, 1.82) is 0 Å². The van der Waals surface area contributed by atoms with Crippen molar-refractivity contribution in [2.75, 3.05) is 26.4 Å². The van der Waals surface area contributed by atoms with E-state index in [1.165, 1.54) is 44.9 Å². The smallest absolute Gasteiger partial charge is 0.397 e. The van der Waals surface area contributed by atoms with Gasteiger partial charge in [0.05, 0.1) is 19.8 Å². The van der Waals surface area contributed by atoms with Gasteiger partial charge in [0.2, 0.25) is 0 Å². The number of carbonyl (C=O) groups is 1. The average molecular weight is 789 g/mol. The molecule has 0 amide bonds. The van der Waals surface area contributed by atoms with Gasteiger partial charge in [-0.3, -0.25) is 9.35 Å². The number of esters is 1. The van der Waals surface area contributed by atoms with Gasteiger partial charge >= 0.3 is 16.4 Å². The van der Waals surface area contributed by atoms with E-state index in [4.69, 9.17) is 23.5 Å². The molecule has 0 aromatic rings. The molecule has 13 heteroatoms. The summed E-state index contributed by atoms with van der Waals surface area (Å²) in [5, 5.41) is 30.5. The zero-order valence-corrected chi connectivity index (χ0v) is 33.8. The van der Waals surface area contributed by atoms with Crippen molar-refractivity contribution in [2.45, 2.75) is 179 Å². The lowest BCUT2D eigenvalue weighted by molar-refractivity contribution is -0.301. The van der Waals surface area contributed by atoms with Gasteiger partial charge in [0, 0.05) is 13.0 Å². The number of rotatable bonds is 34. The quantitative estimate of drug-likeness (QED) is 0.0217. The highest BCUT2D eigenvalue weighted by molar-refractivity contribution is 7.80. The second kappa shape index (κ2) is 33.2. The summed E-state index contributed by atoms with van der Waals surface area (Å²) in [6.45, 7) is 3.76. The molecule has 4 N–H and O–H groups in total. The van der Waals surface area contributed by atoms with Crippen LogP contribution in [0.5, 0.6) is 0 Å². The molecular weight excluding hydrogens is 717 g/mol. The molecule has 6 unspecified atom stereocenters. The van der Waals surface area contributed by atoms with E-state index in [0.29, 0.717) is 13.0 Å². The van der Waals surface area contributed by atoms with E-state index in [2.05, 4.69) is 66.6 Å². The van der Waals surface area contributed by atoms with Gasteiger partial charge in [-0.1, -0.05) is 133 Å². The van der Waals surface area contributed by atoms with E-state index in [9.17, 15) is 28.5 Å². The normalized spacial score (nSPS) is 21.6. The van der Waals surface area contributed by atoms with Crippen molar-refractivity contribution in [1.82, 2.24) is 0 Å². The SMILES string of the molecule is CC/C=C\C/C=C\C/C=C\C/C=C\CCCCCOCC(COC1OC(CO)C(O)C(OS(=O)(=O)O)C1O)OC(=O)CCCCCCCCCCCCC. The molecule has 0 aromatic carbocycles. The Kier molecular flexibility index (Phi) is 30.8. The zero-order valence-electron chi connectivity index (χ0n) is 33.0. The lowest BCUT2D eigenvalue weighted by Gasteiger charge is -2.41. The Morgan fingerprint density at radius 3 is 1.85 bits per heavy atom. The van der Waals surface area contributed by atoms with Crippen LogP contribution in [-0.2, 0) is 38.3 Å². The fourth-order valence-corrected chi connectivity index (χ4v) is 6.41. The van der Waals surface area contributed by atoms with E-state index in [1.54, 1.807) is 0 Å². The second-order valence-electron chi connectivity index (χ2n) is 13.9. The van der Waals surface area contributed by atoms with Gasteiger partial charge in [0.1, 0.15) is 30.5 Å². The minimum absolute atomic E-state index is 0.0146. The molecule has 1 rings (SSSR count). The Morgan fingerprint density at radius 1 is 0.722 bits per heavy atom. The number of aliphatic hydroxyl groups excluding tert-OH is 3. The zero-order chi connectivity index (χ0) is 39.7. The van der Waals surface area contributed by atoms with Crippen LogP contribution in [0.2, 0.25) is 0 Å². The Hall–Kier alpha value is -1.94. The highest BCUT2D eigenvalue weighted by Crippen LogP contribution is 2.26. The fourth-order valence-electron chi connectivity index (χ4n) is 5.90. The molecule has 0 bridgehead atoms. The molecule has 54 heavy (non-hydrogen) atoms. The summed E-state index contributed by atoms with van der Waals surface area (Å²) in [5.41, 5.74) is 0. The third-order valence-electron chi connectivity index (χ3n) is 8.97. The molecule has 1 heterocycles. The maximum atomic E-state index is 12.8. The van der Waals surface area contributed by atoms with Gasteiger partial charge in [-0.2, -0.15) is 8.42 Å². The van der Waals surface area contributed by atoms with Gasteiger partial charge in [-0.25, -0.2) is 4.18 Å². The van der Waals surface area contributed by atoms with Crippen LogP contribution < -0.4 is 0 Å². The second-order valence-corrected chi connectivity index (χ2v) is 14.9. The van der Waals surface area contributed by atoms with Gasteiger partial charge in [0.25, 0.3) is 0 Å². The molecule has 0 spiro atoms. The van der Waals surface area contributed by atoms with Gasteiger partial charge in [-0.05, 0) is 51.4 Å². The molecular formula is C41H72O12S. The molecule has 1 fully saturated rings. The maximum Gasteiger partial charge on any atom is 0.397 e. The average Bonchev–Trinajstić information content (AvgIpc) is 3.14. The molecule has 0 aromatic heterocycles. The summed E-state index contributed by atoms with van der Waals surface area (Å²) in [5.74, 6) is -0.414. The van der Waals surface area contributed by atoms with Crippen LogP contribution in [0.3, 0.4) is 0 Å². The van der Waals surface area contributed by atoms with E-state index >= 15 is 0 Å². The Labute approximate surface area is 326 Å². The van der Waals surface area contributed by atoms with Crippen LogP contribution >= 0.6 is 0 Å². The third kappa shape index (κ3) is 26.8. The summed E-state index contributed by atoms with van der Waals surface area (Å²) in [7, 11) is -5.06. The van der Waals surface area contributed by atoms with Gasteiger partial charge in [-0.15, -0.1) is 0 Å². The minimum Gasteiger partial charge on any atom is -0.457 e. The lowest BCUT2D eigenvalue weighted by Crippen LogP contribution is -2.60. The molecule has 314 valence electrons. The standard InChI is InChI=1S/C41H72O12S/c1-3-5-7-9-11-13-15-16-17-18-19-21-23-25-27-29-31-49-33-35(51-37(43)30-28-26-24-22-20-14-12-10-8-6-4-2)34-50-41-39(45)40(53-54(46,47)48)38(44)36(32-42)52-41/h5,7,11,13,16-17,19,21,35-36,38-42,44-45H,3-4,6,8-10,12,14-15,18,20,22-34H2,1-2H3,(H,46,47,48)/b7-5-,13-11-,17-16-,21-19-. The largest absolute Gasteiger partial charge is 0.457 e. The number of ether oxygens (including phenoxy) is 4. The van der Waals surface area contributed by atoms with E-state index in [0.717, 1.165) is 70.6 Å². The van der Waals surface area contributed by atoms with E-state index < -0.39 is 59.8 Å². The molecule has 1 aliphatic heterocycles. The highest BCUT2D eigenvalue weighted by Gasteiger charge is 2.48. The van der Waals surface area contributed by atoms with Gasteiger partial charge < -0.3 is 34.3 Å². The minimum atomic E-state index is -5.06. The molecule has 1 aliphatic rings. The molecule has 12 nitrogen and oxygen atoms in total. The van der Waals surface area contributed by atoms with Crippen LogP contribution in [0.1, 0.15) is 142 Å². The van der Waals surface area contributed by atoms with E-state index in [1.807, 2.05) is 0 Å². The molecule has 1 saturated heterocycles. The Bertz CT molecular complexity index is 1140. The fraction of sp³-hybridized carbons (Fsp3) is 0.780. The number of allylic oxidation sites excluding steroid dienone is 8. The predicted molar refractivity (Wildman–Crippen MR) is 211 cm³/mol. The number of unbranched alkanes of at least 4 members (excludes halogenated alkanes) is 13. The summed E-state index contributed by atoms with van der Waals surface area (Å²) >= 11 is 0.